The van der Waals surface area contributed by atoms with Crippen LogP contribution in [0.5, 0.6) is 11.5 Å². The molecule has 0 radical (unpaired) electrons. The van der Waals surface area contributed by atoms with E-state index in [9.17, 15) is 13.2 Å². The highest BCUT2D eigenvalue weighted by Gasteiger charge is 2.45. The molecule has 0 bridgehead atoms. The number of sulfonamides is 1. The van der Waals surface area contributed by atoms with E-state index in [-0.39, 0.29) is 30.4 Å². The number of ether oxygens (including phenoxy) is 2. The fraction of sp³-hybridized carbons (Fsp3) is 0.320. The minimum Gasteiger partial charge on any atom is -0.486 e. The van der Waals surface area contributed by atoms with Gasteiger partial charge in [0.25, 0.3) is 0 Å². The van der Waals surface area contributed by atoms with Crippen molar-refractivity contribution in [1.82, 2.24) is 9.62 Å². The molecular formula is C25H26N2O6S. The molecule has 2 aliphatic rings. The van der Waals surface area contributed by atoms with Gasteiger partial charge in [0.15, 0.2) is 11.5 Å². The Morgan fingerprint density at radius 2 is 1.68 bits per heavy atom. The number of carbonyl (C=O) groups excluding carboxylic acids is 1. The number of amides is 1. The maximum absolute atomic E-state index is 13.5. The van der Waals surface area contributed by atoms with E-state index in [4.69, 9.17) is 13.9 Å². The Morgan fingerprint density at radius 1 is 0.941 bits per heavy atom. The van der Waals surface area contributed by atoms with Crippen LogP contribution in [-0.4, -0.2) is 44.9 Å². The molecule has 2 aliphatic heterocycles. The van der Waals surface area contributed by atoms with Crippen molar-refractivity contribution >= 4 is 15.9 Å². The zero-order chi connectivity index (χ0) is 23.6. The Hall–Kier alpha value is -3.30. The summed E-state index contributed by atoms with van der Waals surface area (Å²) in [6, 6.07) is 17.8. The number of furan rings is 1. The first-order valence-corrected chi connectivity index (χ1v) is 12.7. The quantitative estimate of drug-likeness (QED) is 0.580. The van der Waals surface area contributed by atoms with Gasteiger partial charge in [-0.1, -0.05) is 30.3 Å². The van der Waals surface area contributed by atoms with Crippen molar-refractivity contribution in [2.75, 3.05) is 26.3 Å². The van der Waals surface area contributed by atoms with E-state index in [1.807, 2.05) is 30.3 Å². The van der Waals surface area contributed by atoms with Crippen LogP contribution >= 0.6 is 0 Å². The third-order valence-electron chi connectivity index (χ3n) is 6.49. The minimum atomic E-state index is -3.75. The van der Waals surface area contributed by atoms with E-state index in [0.717, 1.165) is 5.56 Å². The molecule has 178 valence electrons. The zero-order valence-electron chi connectivity index (χ0n) is 18.6. The summed E-state index contributed by atoms with van der Waals surface area (Å²) < 4.78 is 44.6. The van der Waals surface area contributed by atoms with Crippen molar-refractivity contribution in [2.24, 2.45) is 0 Å². The highest BCUT2D eigenvalue weighted by molar-refractivity contribution is 7.89. The second-order valence-corrected chi connectivity index (χ2v) is 10.4. The van der Waals surface area contributed by atoms with Crippen molar-refractivity contribution in [3.8, 4) is 11.5 Å². The molecule has 1 saturated heterocycles. The molecular weight excluding hydrogens is 456 g/mol. The number of nitrogens with zero attached hydrogens (tertiary/aromatic N) is 1. The maximum Gasteiger partial charge on any atom is 0.243 e. The first-order valence-electron chi connectivity index (χ1n) is 11.3. The highest BCUT2D eigenvalue weighted by Crippen LogP contribution is 2.39. The predicted molar refractivity (Wildman–Crippen MR) is 124 cm³/mol. The molecule has 1 N–H and O–H groups in total. The molecule has 0 saturated carbocycles. The summed E-state index contributed by atoms with van der Waals surface area (Å²) in [5.41, 5.74) is 0.0514. The molecule has 0 atom stereocenters. The number of carbonyl (C=O) groups is 1. The topological polar surface area (TPSA) is 98.1 Å². The Bertz CT molecular complexity index is 1250. The maximum atomic E-state index is 13.5. The lowest BCUT2D eigenvalue weighted by Crippen LogP contribution is -2.52. The van der Waals surface area contributed by atoms with E-state index in [2.05, 4.69) is 5.32 Å². The van der Waals surface area contributed by atoms with E-state index in [1.54, 1.807) is 24.5 Å². The normalized spacial score (nSPS) is 17.8. The van der Waals surface area contributed by atoms with Gasteiger partial charge in [0, 0.05) is 19.2 Å². The van der Waals surface area contributed by atoms with Crippen LogP contribution in [0.3, 0.4) is 0 Å². The molecule has 0 aliphatic carbocycles. The Kier molecular flexibility index (Phi) is 6.05. The van der Waals surface area contributed by atoms with Crippen LogP contribution in [-0.2, 0) is 26.8 Å². The fourth-order valence-electron chi connectivity index (χ4n) is 4.60. The van der Waals surface area contributed by atoms with Crippen LogP contribution in [0.2, 0.25) is 0 Å². The lowest BCUT2D eigenvalue weighted by Gasteiger charge is -2.40. The van der Waals surface area contributed by atoms with Gasteiger partial charge >= 0.3 is 0 Å². The number of benzene rings is 2. The first kappa shape index (κ1) is 22.5. The summed E-state index contributed by atoms with van der Waals surface area (Å²) in [5.74, 6) is 1.50. The molecule has 9 heteroatoms. The lowest BCUT2D eigenvalue weighted by molar-refractivity contribution is -0.128. The van der Waals surface area contributed by atoms with Crippen molar-refractivity contribution in [3.63, 3.8) is 0 Å². The average Bonchev–Trinajstić information content (AvgIpc) is 3.41. The van der Waals surface area contributed by atoms with Crippen molar-refractivity contribution in [2.45, 2.75) is 29.7 Å². The third kappa shape index (κ3) is 4.17. The third-order valence-corrected chi connectivity index (χ3v) is 8.39. The average molecular weight is 483 g/mol. The number of hydrogen-bond donors (Lipinski definition) is 1. The molecule has 0 unspecified atom stereocenters. The van der Waals surface area contributed by atoms with E-state index >= 15 is 0 Å². The van der Waals surface area contributed by atoms with E-state index < -0.39 is 15.4 Å². The summed E-state index contributed by atoms with van der Waals surface area (Å²) in [6.45, 7) is 1.54. The Balaban J connectivity index is 1.36. The van der Waals surface area contributed by atoms with Gasteiger partial charge in [0.2, 0.25) is 15.9 Å². The number of hydrogen-bond acceptors (Lipinski definition) is 6. The molecule has 0 spiro atoms. The predicted octanol–water partition coefficient (Wildman–Crippen LogP) is 3.09. The Morgan fingerprint density at radius 3 is 2.38 bits per heavy atom. The Labute approximate surface area is 198 Å². The molecule has 3 heterocycles. The van der Waals surface area contributed by atoms with Gasteiger partial charge in [0.1, 0.15) is 19.0 Å². The molecule has 3 aromatic rings. The molecule has 1 fully saturated rings. The van der Waals surface area contributed by atoms with Crippen LogP contribution in [0.1, 0.15) is 24.2 Å². The van der Waals surface area contributed by atoms with E-state index in [0.29, 0.717) is 43.3 Å². The second kappa shape index (κ2) is 9.15. The molecule has 2 aromatic carbocycles. The highest BCUT2D eigenvalue weighted by atomic mass is 32.2. The molecule has 1 amide bonds. The lowest BCUT2D eigenvalue weighted by atomic mass is 9.72. The fourth-order valence-corrected chi connectivity index (χ4v) is 6.05. The SMILES string of the molecule is O=C(NCc1ccco1)C1(c2ccccc2)CCN(S(=O)(=O)c2ccc3c(c2)OCCO3)CC1. The van der Waals surface area contributed by atoms with Crippen molar-refractivity contribution in [3.05, 3.63) is 78.3 Å². The summed E-state index contributed by atoms with van der Waals surface area (Å²) >= 11 is 0. The largest absolute Gasteiger partial charge is 0.486 e. The van der Waals surface area contributed by atoms with Crippen LogP contribution in [0.4, 0.5) is 0 Å². The molecule has 8 nitrogen and oxygen atoms in total. The number of piperidine rings is 1. The van der Waals surface area contributed by atoms with Crippen LogP contribution in [0, 0.1) is 0 Å². The van der Waals surface area contributed by atoms with Crippen LogP contribution in [0.25, 0.3) is 0 Å². The van der Waals surface area contributed by atoms with Crippen molar-refractivity contribution < 1.29 is 27.1 Å². The van der Waals surface area contributed by atoms with Gasteiger partial charge in [-0.25, -0.2) is 8.42 Å². The van der Waals surface area contributed by atoms with Gasteiger partial charge in [-0.3, -0.25) is 4.79 Å². The van der Waals surface area contributed by atoms with Gasteiger partial charge in [-0.05, 0) is 42.7 Å². The van der Waals surface area contributed by atoms with Crippen LogP contribution < -0.4 is 14.8 Å². The second-order valence-electron chi connectivity index (χ2n) is 8.42. The summed E-state index contributed by atoms with van der Waals surface area (Å²) in [6.07, 6.45) is 2.30. The number of nitrogens with one attached hydrogen (secondary N) is 1. The van der Waals surface area contributed by atoms with Gasteiger partial charge in [0.05, 0.1) is 23.1 Å². The summed E-state index contributed by atoms with van der Waals surface area (Å²) in [5, 5.41) is 2.98. The monoisotopic (exact) mass is 482 g/mol. The first-order chi connectivity index (χ1) is 16.5. The molecule has 1 aromatic heterocycles. The molecule has 5 rings (SSSR count). The van der Waals surface area contributed by atoms with Gasteiger partial charge in [-0.2, -0.15) is 4.31 Å². The van der Waals surface area contributed by atoms with Crippen molar-refractivity contribution in [1.29, 1.82) is 0 Å². The van der Waals surface area contributed by atoms with Crippen LogP contribution in [0.15, 0.2) is 76.2 Å². The van der Waals surface area contributed by atoms with E-state index in [1.165, 1.54) is 16.4 Å². The van der Waals surface area contributed by atoms with Gasteiger partial charge in [-0.15, -0.1) is 0 Å². The smallest absolute Gasteiger partial charge is 0.243 e. The van der Waals surface area contributed by atoms with Gasteiger partial charge < -0.3 is 19.2 Å². The minimum absolute atomic E-state index is 0.133. The summed E-state index contributed by atoms with van der Waals surface area (Å²) in [7, 11) is -3.75. The standard InChI is InChI=1S/C25H26N2O6S/c28-24(26-18-20-7-4-14-31-20)25(19-5-2-1-3-6-19)10-12-27(13-11-25)34(29,30)21-8-9-22-23(17-21)33-16-15-32-22/h1-9,14,17H,10-13,15-16,18H2,(H,26,28). The summed E-state index contributed by atoms with van der Waals surface area (Å²) in [4.78, 5) is 13.6. The molecule has 34 heavy (non-hydrogen) atoms. The number of fused-ring (bicyclic) bond motifs is 1. The zero-order valence-corrected chi connectivity index (χ0v) is 19.4. The number of rotatable bonds is 6.